The zero-order valence-corrected chi connectivity index (χ0v) is 9.75. The van der Waals surface area contributed by atoms with Crippen molar-refractivity contribution in [1.82, 2.24) is 0 Å². The van der Waals surface area contributed by atoms with Gasteiger partial charge in [-0.25, -0.2) is 0 Å². The molecule has 0 aromatic heterocycles. The molecule has 0 saturated carbocycles. The fourth-order valence-electron chi connectivity index (χ4n) is 1.14. The number of methoxy groups -OCH3 is 2. The van der Waals surface area contributed by atoms with Crippen molar-refractivity contribution in [2.45, 2.75) is 0 Å². The van der Waals surface area contributed by atoms with Crippen LogP contribution in [-0.2, 0) is 0 Å². The smallest absolute Gasteiger partial charge is 0.185 e. The summed E-state index contributed by atoms with van der Waals surface area (Å²) in [7, 11) is 5.01. The van der Waals surface area contributed by atoms with Gasteiger partial charge >= 0.3 is 0 Å². The van der Waals surface area contributed by atoms with E-state index >= 15 is 0 Å². The van der Waals surface area contributed by atoms with Crippen LogP contribution in [0.5, 0.6) is 11.5 Å². The van der Waals surface area contributed by atoms with Gasteiger partial charge in [0.05, 0.1) is 19.2 Å². The standard InChI is InChI=1S/C9H10ClO3P/c1-12-6-4-3-5(10)8(13-2)7(6)9(11)14/h3-4H,14H2,1-2H3. The van der Waals surface area contributed by atoms with Gasteiger partial charge in [-0.1, -0.05) is 20.8 Å². The van der Waals surface area contributed by atoms with Gasteiger partial charge in [0, 0.05) is 0 Å². The van der Waals surface area contributed by atoms with E-state index in [1.807, 2.05) is 0 Å². The first kappa shape index (κ1) is 11.3. The van der Waals surface area contributed by atoms with Crippen LogP contribution in [-0.4, -0.2) is 19.7 Å². The summed E-state index contributed by atoms with van der Waals surface area (Å²) in [4.78, 5) is 11.3. The van der Waals surface area contributed by atoms with E-state index in [9.17, 15) is 4.79 Å². The van der Waals surface area contributed by atoms with Gasteiger partial charge < -0.3 is 9.47 Å². The molecule has 0 aliphatic rings. The summed E-state index contributed by atoms with van der Waals surface area (Å²) in [6, 6.07) is 3.25. The van der Waals surface area contributed by atoms with Crippen LogP contribution in [0.2, 0.25) is 5.02 Å². The minimum Gasteiger partial charge on any atom is -0.496 e. The summed E-state index contributed by atoms with van der Waals surface area (Å²) < 4.78 is 10.1. The molecular formula is C9H10ClO3P. The normalized spacial score (nSPS) is 9.71. The summed E-state index contributed by atoms with van der Waals surface area (Å²) >= 11 is 5.86. The topological polar surface area (TPSA) is 35.5 Å². The zero-order valence-electron chi connectivity index (χ0n) is 7.83. The van der Waals surface area contributed by atoms with E-state index in [0.717, 1.165) is 0 Å². The molecular weight excluding hydrogens is 223 g/mol. The molecule has 0 N–H and O–H groups in total. The number of rotatable bonds is 3. The molecule has 0 amide bonds. The molecule has 0 heterocycles. The molecule has 0 aliphatic heterocycles. The van der Waals surface area contributed by atoms with Crippen molar-refractivity contribution in [2.24, 2.45) is 0 Å². The second kappa shape index (κ2) is 4.63. The Bertz CT molecular complexity index is 365. The molecule has 1 rings (SSSR count). The summed E-state index contributed by atoms with van der Waals surface area (Å²) in [5, 5.41) is 0.388. The number of carbonyl (C=O) groups is 1. The molecule has 0 aliphatic carbocycles. The second-order valence-electron chi connectivity index (χ2n) is 2.52. The van der Waals surface area contributed by atoms with Crippen LogP contribution in [0.15, 0.2) is 12.1 Å². The largest absolute Gasteiger partial charge is 0.496 e. The van der Waals surface area contributed by atoms with Crippen molar-refractivity contribution < 1.29 is 14.3 Å². The lowest BCUT2D eigenvalue weighted by Crippen LogP contribution is -1.99. The Morgan fingerprint density at radius 2 is 2.00 bits per heavy atom. The van der Waals surface area contributed by atoms with Gasteiger partial charge in [0.1, 0.15) is 11.3 Å². The van der Waals surface area contributed by atoms with E-state index < -0.39 is 0 Å². The molecule has 0 saturated heterocycles. The minimum absolute atomic E-state index is 0.221. The quantitative estimate of drug-likeness (QED) is 0.751. The van der Waals surface area contributed by atoms with E-state index in [-0.39, 0.29) is 5.52 Å². The van der Waals surface area contributed by atoms with Crippen LogP contribution in [0.1, 0.15) is 10.4 Å². The number of hydrogen-bond donors (Lipinski definition) is 0. The molecule has 3 nitrogen and oxygen atoms in total. The van der Waals surface area contributed by atoms with Crippen molar-refractivity contribution in [2.75, 3.05) is 14.2 Å². The van der Waals surface area contributed by atoms with Gasteiger partial charge in [-0.05, 0) is 12.1 Å². The molecule has 0 fully saturated rings. The lowest BCUT2D eigenvalue weighted by Gasteiger charge is -2.11. The first-order valence-corrected chi connectivity index (χ1v) is 4.77. The summed E-state index contributed by atoms with van der Waals surface area (Å²) in [5.41, 5.74) is 0.119. The molecule has 76 valence electrons. The van der Waals surface area contributed by atoms with Crippen molar-refractivity contribution in [3.8, 4) is 11.5 Å². The van der Waals surface area contributed by atoms with E-state index in [4.69, 9.17) is 21.1 Å². The Hall–Kier alpha value is -0.790. The highest BCUT2D eigenvalue weighted by atomic mass is 35.5. The number of benzene rings is 1. The molecule has 1 aromatic carbocycles. The fraction of sp³-hybridized carbons (Fsp3) is 0.222. The molecule has 14 heavy (non-hydrogen) atoms. The maximum absolute atomic E-state index is 11.3. The third-order valence-electron chi connectivity index (χ3n) is 1.74. The number of ether oxygens (including phenoxy) is 2. The lowest BCUT2D eigenvalue weighted by molar-refractivity contribution is 0.108. The van der Waals surface area contributed by atoms with E-state index in [2.05, 4.69) is 9.24 Å². The van der Waals surface area contributed by atoms with Crippen LogP contribution < -0.4 is 9.47 Å². The van der Waals surface area contributed by atoms with Crippen LogP contribution in [0.3, 0.4) is 0 Å². The Morgan fingerprint density at radius 1 is 1.36 bits per heavy atom. The molecule has 0 bridgehead atoms. The first-order chi connectivity index (χ1) is 6.61. The Balaban J connectivity index is 3.43. The van der Waals surface area contributed by atoms with Gasteiger partial charge in [0.15, 0.2) is 11.3 Å². The Kier molecular flexibility index (Phi) is 3.73. The van der Waals surface area contributed by atoms with Gasteiger partial charge in [-0.2, -0.15) is 0 Å². The van der Waals surface area contributed by atoms with Crippen LogP contribution in [0.4, 0.5) is 0 Å². The van der Waals surface area contributed by atoms with E-state index in [0.29, 0.717) is 22.1 Å². The maximum atomic E-state index is 11.3. The third-order valence-corrected chi connectivity index (χ3v) is 2.33. The monoisotopic (exact) mass is 232 g/mol. The predicted molar refractivity (Wildman–Crippen MR) is 58.6 cm³/mol. The highest BCUT2D eigenvalue weighted by Crippen LogP contribution is 2.36. The highest BCUT2D eigenvalue weighted by molar-refractivity contribution is 7.41. The minimum atomic E-state index is -0.221. The van der Waals surface area contributed by atoms with Crippen molar-refractivity contribution >= 4 is 26.4 Å². The Labute approximate surface area is 89.5 Å². The van der Waals surface area contributed by atoms with Gasteiger partial charge in [0.25, 0.3) is 0 Å². The SMILES string of the molecule is COc1ccc(Cl)c(OC)c1C(=O)P. The number of hydrogen-bond acceptors (Lipinski definition) is 3. The lowest BCUT2D eigenvalue weighted by atomic mass is 10.2. The molecule has 1 unspecified atom stereocenters. The first-order valence-electron chi connectivity index (χ1n) is 3.82. The molecule has 1 atom stereocenters. The highest BCUT2D eigenvalue weighted by Gasteiger charge is 2.17. The maximum Gasteiger partial charge on any atom is 0.185 e. The molecule has 0 radical (unpaired) electrons. The van der Waals surface area contributed by atoms with Crippen LogP contribution in [0.25, 0.3) is 0 Å². The molecule has 5 heteroatoms. The van der Waals surface area contributed by atoms with Crippen molar-refractivity contribution in [1.29, 1.82) is 0 Å². The second-order valence-corrected chi connectivity index (χ2v) is 3.45. The fourth-order valence-corrected chi connectivity index (χ4v) is 1.65. The van der Waals surface area contributed by atoms with Gasteiger partial charge in [-0.3, -0.25) is 4.79 Å². The molecule has 0 spiro atoms. The number of halogens is 1. The van der Waals surface area contributed by atoms with Gasteiger partial charge in [-0.15, -0.1) is 0 Å². The third kappa shape index (κ3) is 1.99. The van der Waals surface area contributed by atoms with Crippen LogP contribution >= 0.6 is 20.8 Å². The average molecular weight is 233 g/mol. The van der Waals surface area contributed by atoms with Crippen molar-refractivity contribution in [3.05, 3.63) is 22.7 Å². The summed E-state index contributed by atoms with van der Waals surface area (Å²) in [5.74, 6) is 0.789. The summed E-state index contributed by atoms with van der Waals surface area (Å²) in [6.45, 7) is 0. The summed E-state index contributed by atoms with van der Waals surface area (Å²) in [6.07, 6.45) is 0. The molecule has 1 aromatic rings. The van der Waals surface area contributed by atoms with Crippen LogP contribution in [0, 0.1) is 0 Å². The number of carbonyl (C=O) groups excluding carboxylic acids is 1. The average Bonchev–Trinajstić information content (AvgIpc) is 2.17. The van der Waals surface area contributed by atoms with E-state index in [1.54, 1.807) is 12.1 Å². The van der Waals surface area contributed by atoms with E-state index in [1.165, 1.54) is 14.2 Å². The Morgan fingerprint density at radius 3 is 2.43 bits per heavy atom. The van der Waals surface area contributed by atoms with Crippen molar-refractivity contribution in [3.63, 3.8) is 0 Å². The zero-order chi connectivity index (χ0) is 10.7. The van der Waals surface area contributed by atoms with Gasteiger partial charge in [0.2, 0.25) is 0 Å². The predicted octanol–water partition coefficient (Wildman–Crippen LogP) is 2.37.